The summed E-state index contributed by atoms with van der Waals surface area (Å²) < 4.78 is 9.97. The summed E-state index contributed by atoms with van der Waals surface area (Å²) >= 11 is 0. The van der Waals surface area contributed by atoms with Crippen LogP contribution in [0.1, 0.15) is 21.0 Å². The average molecular weight is 376 g/mol. The Labute approximate surface area is 159 Å². The number of aromatic nitrogens is 2. The predicted octanol–water partition coefficient (Wildman–Crippen LogP) is 3.23. The van der Waals surface area contributed by atoms with Gasteiger partial charge < -0.3 is 19.4 Å². The van der Waals surface area contributed by atoms with Crippen LogP contribution >= 0.6 is 0 Å². The monoisotopic (exact) mass is 376 g/mol. The van der Waals surface area contributed by atoms with Crippen LogP contribution in [-0.2, 0) is 14.3 Å². The minimum atomic E-state index is -0.647. The highest BCUT2D eigenvalue weighted by Crippen LogP contribution is 2.16. The number of ether oxygens (including phenoxy) is 2. The number of fused-ring (bicyclic) bond motifs is 2. The van der Waals surface area contributed by atoms with E-state index in [1.54, 1.807) is 12.1 Å². The van der Waals surface area contributed by atoms with Crippen molar-refractivity contribution in [2.45, 2.75) is 0 Å². The second-order valence-electron chi connectivity index (χ2n) is 6.23. The summed E-state index contributed by atoms with van der Waals surface area (Å²) in [4.78, 5) is 41.9. The molecule has 0 unspecified atom stereocenters. The quantitative estimate of drug-likeness (QED) is 0.503. The standard InChI is InChI=1S/C21H16N2O5/c24-15(11-27-20(25)18-9-13-5-1-3-7-16(13)22-18)12-28-21(26)19-10-14-6-2-4-8-17(14)23-19/h1-10,22-23H,11-12H2. The molecule has 0 atom stereocenters. The molecule has 140 valence electrons. The van der Waals surface area contributed by atoms with Gasteiger partial charge in [0.1, 0.15) is 11.4 Å². The molecule has 0 aliphatic heterocycles. The molecule has 4 rings (SSSR count). The summed E-state index contributed by atoms with van der Waals surface area (Å²) in [7, 11) is 0. The fourth-order valence-electron chi connectivity index (χ4n) is 2.86. The van der Waals surface area contributed by atoms with E-state index in [4.69, 9.17) is 9.47 Å². The number of Topliss-reactive ketones (excluding diaryl/α,β-unsaturated/α-hetero) is 1. The van der Waals surface area contributed by atoms with Crippen molar-refractivity contribution >= 4 is 39.5 Å². The van der Waals surface area contributed by atoms with Crippen LogP contribution in [0.3, 0.4) is 0 Å². The van der Waals surface area contributed by atoms with Gasteiger partial charge in [-0.1, -0.05) is 36.4 Å². The number of benzene rings is 2. The molecule has 28 heavy (non-hydrogen) atoms. The number of H-pyrrole nitrogens is 2. The van der Waals surface area contributed by atoms with Gasteiger partial charge in [0.25, 0.3) is 0 Å². The topological polar surface area (TPSA) is 101 Å². The third-order valence-corrected chi connectivity index (χ3v) is 4.23. The van der Waals surface area contributed by atoms with Crippen LogP contribution in [-0.4, -0.2) is 40.9 Å². The Morgan fingerprint density at radius 1 is 0.679 bits per heavy atom. The van der Waals surface area contributed by atoms with E-state index >= 15 is 0 Å². The number of nitrogens with one attached hydrogen (secondary N) is 2. The van der Waals surface area contributed by atoms with E-state index in [2.05, 4.69) is 9.97 Å². The molecule has 0 fully saturated rings. The summed E-state index contributed by atoms with van der Waals surface area (Å²) in [6.45, 7) is -0.956. The van der Waals surface area contributed by atoms with Gasteiger partial charge >= 0.3 is 11.9 Å². The predicted molar refractivity (Wildman–Crippen MR) is 102 cm³/mol. The molecule has 2 N–H and O–H groups in total. The second kappa shape index (κ2) is 7.40. The zero-order chi connectivity index (χ0) is 19.5. The van der Waals surface area contributed by atoms with Crippen molar-refractivity contribution in [3.8, 4) is 0 Å². The zero-order valence-electron chi connectivity index (χ0n) is 14.7. The van der Waals surface area contributed by atoms with Crippen LogP contribution in [0.4, 0.5) is 0 Å². The van der Waals surface area contributed by atoms with Crippen molar-refractivity contribution in [2.75, 3.05) is 13.2 Å². The molecule has 0 aliphatic rings. The lowest BCUT2D eigenvalue weighted by Gasteiger charge is -2.04. The van der Waals surface area contributed by atoms with Crippen LogP contribution in [0.5, 0.6) is 0 Å². The molecule has 0 saturated heterocycles. The highest BCUT2D eigenvalue weighted by Gasteiger charge is 2.16. The van der Waals surface area contributed by atoms with E-state index in [-0.39, 0.29) is 11.4 Å². The highest BCUT2D eigenvalue weighted by molar-refractivity contribution is 5.97. The van der Waals surface area contributed by atoms with Gasteiger partial charge in [-0.05, 0) is 24.3 Å². The first-order valence-corrected chi connectivity index (χ1v) is 8.61. The van der Waals surface area contributed by atoms with Gasteiger partial charge in [-0.15, -0.1) is 0 Å². The van der Waals surface area contributed by atoms with Gasteiger partial charge in [-0.2, -0.15) is 0 Å². The maximum absolute atomic E-state index is 12.1. The molecule has 2 heterocycles. The first kappa shape index (κ1) is 17.5. The molecule has 0 bridgehead atoms. The van der Waals surface area contributed by atoms with Crippen molar-refractivity contribution in [3.05, 3.63) is 72.1 Å². The Morgan fingerprint density at radius 3 is 1.54 bits per heavy atom. The number of carbonyl (C=O) groups excluding carboxylic acids is 3. The van der Waals surface area contributed by atoms with E-state index in [1.807, 2.05) is 48.5 Å². The fourth-order valence-corrected chi connectivity index (χ4v) is 2.86. The Kier molecular flexibility index (Phi) is 4.63. The third kappa shape index (κ3) is 3.64. The molecule has 2 aromatic heterocycles. The van der Waals surface area contributed by atoms with Crippen LogP contribution in [0, 0.1) is 0 Å². The Bertz CT molecular complexity index is 1030. The van der Waals surface area contributed by atoms with Crippen molar-refractivity contribution < 1.29 is 23.9 Å². The van der Waals surface area contributed by atoms with Crippen molar-refractivity contribution in [2.24, 2.45) is 0 Å². The van der Waals surface area contributed by atoms with E-state index in [1.165, 1.54) is 0 Å². The number of hydrogen-bond donors (Lipinski definition) is 2. The molecule has 0 radical (unpaired) electrons. The molecule has 2 aromatic carbocycles. The molecule has 0 saturated carbocycles. The van der Waals surface area contributed by atoms with Crippen molar-refractivity contribution in [3.63, 3.8) is 0 Å². The first-order valence-electron chi connectivity index (χ1n) is 8.61. The highest BCUT2D eigenvalue weighted by atomic mass is 16.6. The lowest BCUT2D eigenvalue weighted by Crippen LogP contribution is -2.20. The van der Waals surface area contributed by atoms with Gasteiger partial charge in [0, 0.05) is 21.8 Å². The van der Waals surface area contributed by atoms with Gasteiger partial charge in [-0.25, -0.2) is 9.59 Å². The van der Waals surface area contributed by atoms with Crippen LogP contribution < -0.4 is 0 Å². The smallest absolute Gasteiger partial charge is 0.355 e. The van der Waals surface area contributed by atoms with Crippen LogP contribution in [0.15, 0.2) is 60.7 Å². The van der Waals surface area contributed by atoms with Gasteiger partial charge in [-0.3, -0.25) is 4.79 Å². The maximum Gasteiger partial charge on any atom is 0.355 e. The fraction of sp³-hybridized carbons (Fsp3) is 0.0952. The first-order chi connectivity index (χ1) is 13.6. The van der Waals surface area contributed by atoms with Gasteiger partial charge in [0.05, 0.1) is 0 Å². The summed E-state index contributed by atoms with van der Waals surface area (Å²) in [5.41, 5.74) is 2.11. The summed E-state index contributed by atoms with van der Waals surface area (Å²) in [6.07, 6.45) is 0. The Hall–Kier alpha value is -3.87. The Morgan fingerprint density at radius 2 is 1.11 bits per heavy atom. The lowest BCUT2D eigenvalue weighted by molar-refractivity contribution is -0.125. The van der Waals surface area contributed by atoms with E-state index in [9.17, 15) is 14.4 Å². The number of carbonyl (C=O) groups is 3. The number of ketones is 1. The van der Waals surface area contributed by atoms with Gasteiger partial charge in [0.2, 0.25) is 5.78 Å². The molecule has 0 amide bonds. The van der Waals surface area contributed by atoms with Crippen LogP contribution in [0.2, 0.25) is 0 Å². The van der Waals surface area contributed by atoms with Gasteiger partial charge in [0.15, 0.2) is 13.2 Å². The van der Waals surface area contributed by atoms with E-state index < -0.39 is 30.9 Å². The molecule has 0 aliphatic carbocycles. The molecule has 4 aromatic rings. The van der Waals surface area contributed by atoms with Crippen LogP contribution in [0.25, 0.3) is 21.8 Å². The Balaban J connectivity index is 1.29. The van der Waals surface area contributed by atoms with Crippen molar-refractivity contribution in [1.29, 1.82) is 0 Å². The van der Waals surface area contributed by atoms with E-state index in [0.717, 1.165) is 21.8 Å². The molecular weight excluding hydrogens is 360 g/mol. The molecular formula is C21H16N2O5. The number of aromatic amines is 2. The molecule has 0 spiro atoms. The number of rotatable bonds is 6. The normalized spacial score (nSPS) is 10.9. The zero-order valence-corrected chi connectivity index (χ0v) is 14.7. The minimum absolute atomic E-state index is 0.254. The average Bonchev–Trinajstić information content (AvgIpc) is 3.34. The van der Waals surface area contributed by atoms with E-state index in [0.29, 0.717) is 0 Å². The minimum Gasteiger partial charge on any atom is -0.453 e. The maximum atomic E-state index is 12.1. The summed E-state index contributed by atoms with van der Waals surface area (Å²) in [5.74, 6) is -1.81. The number of esters is 2. The lowest BCUT2D eigenvalue weighted by atomic mass is 10.2. The molecule has 7 heteroatoms. The second-order valence-corrected chi connectivity index (χ2v) is 6.23. The third-order valence-electron chi connectivity index (χ3n) is 4.23. The number of hydrogen-bond acceptors (Lipinski definition) is 5. The van der Waals surface area contributed by atoms with Crippen molar-refractivity contribution in [1.82, 2.24) is 9.97 Å². The summed E-state index contributed by atoms with van der Waals surface area (Å²) in [6, 6.07) is 18.1. The number of para-hydroxylation sites is 2. The summed E-state index contributed by atoms with van der Waals surface area (Å²) in [5, 5.41) is 1.74. The SMILES string of the molecule is O=C(COC(=O)c1cc2ccccc2[nH]1)COC(=O)c1cc2ccccc2[nH]1. The largest absolute Gasteiger partial charge is 0.453 e. The molecule has 7 nitrogen and oxygen atoms in total.